The van der Waals surface area contributed by atoms with E-state index in [9.17, 15) is 13.2 Å². The molecule has 0 saturated carbocycles. The second kappa shape index (κ2) is 5.09. The molecule has 0 unspecified atom stereocenters. The minimum Gasteiger partial charge on any atom is -0.330 e. The predicted octanol–water partition coefficient (Wildman–Crippen LogP) is 0.999. The Labute approximate surface area is 94.5 Å². The van der Waals surface area contributed by atoms with Gasteiger partial charge in [-0.15, -0.1) is 0 Å². The minimum absolute atomic E-state index is 0.161. The van der Waals surface area contributed by atoms with Crippen molar-refractivity contribution in [2.45, 2.75) is 19.8 Å². The molecule has 0 aliphatic rings. The lowest BCUT2D eigenvalue weighted by Gasteiger charge is -2.02. The van der Waals surface area contributed by atoms with E-state index in [1.54, 1.807) is 12.1 Å². The Morgan fingerprint density at radius 1 is 1.31 bits per heavy atom. The second-order valence-corrected chi connectivity index (χ2v) is 4.46. The molecule has 1 aromatic carbocycles. The number of carbonyl (C=O) groups excluding carboxylic acids is 1. The highest BCUT2D eigenvalue weighted by atomic mass is 32.2. The van der Waals surface area contributed by atoms with Crippen molar-refractivity contribution < 1.29 is 17.4 Å². The Balaban J connectivity index is 2.78. The van der Waals surface area contributed by atoms with Gasteiger partial charge in [-0.3, -0.25) is 0 Å². The van der Waals surface area contributed by atoms with Gasteiger partial charge in [0.15, 0.2) is 0 Å². The van der Waals surface area contributed by atoms with Crippen LogP contribution in [0.15, 0.2) is 24.3 Å². The molecule has 88 valence electrons. The first-order chi connectivity index (χ1) is 7.42. The zero-order valence-corrected chi connectivity index (χ0v) is 9.66. The van der Waals surface area contributed by atoms with Crippen molar-refractivity contribution in [1.82, 2.24) is 0 Å². The van der Waals surface area contributed by atoms with E-state index >= 15 is 0 Å². The summed E-state index contributed by atoms with van der Waals surface area (Å²) < 4.78 is 25.1. The number of hydrogen-bond donors (Lipinski definition) is 1. The summed E-state index contributed by atoms with van der Waals surface area (Å²) >= 11 is 0. The molecule has 0 aromatic heterocycles. The van der Waals surface area contributed by atoms with Crippen LogP contribution in [0.4, 0.5) is 0 Å². The number of hydrogen-bond acceptors (Lipinski definition) is 4. The van der Waals surface area contributed by atoms with Gasteiger partial charge in [-0.1, -0.05) is 25.5 Å². The number of carbonyl (C=O) groups is 1. The molecule has 0 radical (unpaired) electrons. The minimum atomic E-state index is -4.24. The van der Waals surface area contributed by atoms with Crippen molar-refractivity contribution in [3.63, 3.8) is 0 Å². The van der Waals surface area contributed by atoms with Gasteiger partial charge in [0.05, 0.1) is 5.56 Å². The topological polar surface area (TPSA) is 86.5 Å². The van der Waals surface area contributed by atoms with Gasteiger partial charge in [-0.05, 0) is 24.1 Å². The summed E-state index contributed by atoms with van der Waals surface area (Å²) in [6.07, 6.45) is 1.91. The van der Waals surface area contributed by atoms with E-state index in [2.05, 4.69) is 9.32 Å². The van der Waals surface area contributed by atoms with E-state index in [1.165, 1.54) is 12.1 Å². The summed E-state index contributed by atoms with van der Waals surface area (Å²) in [4.78, 5) is 11.2. The maximum Gasteiger partial charge on any atom is 0.382 e. The summed E-state index contributed by atoms with van der Waals surface area (Å²) in [5.41, 5.74) is 1.24. The van der Waals surface area contributed by atoms with Gasteiger partial charge in [0.2, 0.25) is 0 Å². The predicted molar refractivity (Wildman–Crippen MR) is 59.0 cm³/mol. The summed E-state index contributed by atoms with van der Waals surface area (Å²) in [6, 6.07) is 6.53. The van der Waals surface area contributed by atoms with Gasteiger partial charge in [0.1, 0.15) is 0 Å². The maximum absolute atomic E-state index is 11.2. The molecular weight excluding hydrogens is 230 g/mol. The van der Waals surface area contributed by atoms with Gasteiger partial charge in [-0.2, -0.15) is 13.6 Å². The fourth-order valence-electron chi connectivity index (χ4n) is 1.25. The number of aryl methyl sites for hydroxylation is 1. The normalized spacial score (nSPS) is 11.1. The summed E-state index contributed by atoms with van der Waals surface area (Å²) in [5, 5.41) is 4.58. The van der Waals surface area contributed by atoms with E-state index in [-0.39, 0.29) is 5.56 Å². The molecule has 0 amide bonds. The Kier molecular flexibility index (Phi) is 4.03. The summed E-state index contributed by atoms with van der Waals surface area (Å²) in [6.45, 7) is 2.04. The average molecular weight is 243 g/mol. The van der Waals surface area contributed by atoms with Crippen LogP contribution in [0.25, 0.3) is 0 Å². The van der Waals surface area contributed by atoms with Crippen LogP contribution in [0.2, 0.25) is 0 Å². The largest absolute Gasteiger partial charge is 0.382 e. The van der Waals surface area contributed by atoms with Gasteiger partial charge in [-0.25, -0.2) is 4.79 Å². The molecule has 0 fully saturated rings. The van der Waals surface area contributed by atoms with Crippen LogP contribution >= 0.6 is 0 Å². The first-order valence-electron chi connectivity index (χ1n) is 4.78. The van der Waals surface area contributed by atoms with Crippen LogP contribution in [0.1, 0.15) is 29.3 Å². The van der Waals surface area contributed by atoms with Gasteiger partial charge < -0.3 is 4.18 Å². The molecule has 0 aliphatic carbocycles. The first-order valence-corrected chi connectivity index (χ1v) is 6.25. The van der Waals surface area contributed by atoms with E-state index in [4.69, 9.17) is 0 Å². The lowest BCUT2D eigenvalue weighted by atomic mass is 10.1. The van der Waals surface area contributed by atoms with Crippen molar-refractivity contribution in [2.24, 2.45) is 5.14 Å². The molecule has 5 nitrogen and oxygen atoms in total. The summed E-state index contributed by atoms with van der Waals surface area (Å²) in [7, 11) is -4.24. The van der Waals surface area contributed by atoms with Crippen molar-refractivity contribution in [1.29, 1.82) is 0 Å². The number of nitrogens with two attached hydrogens (primary N) is 1. The SMILES string of the molecule is CCCc1ccc(C(=O)OS(N)(=O)=O)cc1. The van der Waals surface area contributed by atoms with Crippen molar-refractivity contribution in [3.05, 3.63) is 35.4 Å². The van der Waals surface area contributed by atoms with E-state index in [0.29, 0.717) is 0 Å². The van der Waals surface area contributed by atoms with Crippen LogP contribution in [-0.4, -0.2) is 14.4 Å². The molecule has 0 spiro atoms. The zero-order chi connectivity index (χ0) is 12.2. The van der Waals surface area contributed by atoms with Crippen molar-refractivity contribution >= 4 is 16.3 Å². The monoisotopic (exact) mass is 243 g/mol. The van der Waals surface area contributed by atoms with Crippen molar-refractivity contribution in [2.75, 3.05) is 0 Å². The smallest absolute Gasteiger partial charge is 0.330 e. The molecule has 0 heterocycles. The fourth-order valence-corrected chi connectivity index (χ4v) is 1.56. The van der Waals surface area contributed by atoms with E-state index in [1.807, 2.05) is 6.92 Å². The third-order valence-corrected chi connectivity index (χ3v) is 2.30. The molecule has 0 saturated heterocycles. The average Bonchev–Trinajstić information content (AvgIpc) is 2.16. The highest BCUT2D eigenvalue weighted by Crippen LogP contribution is 2.08. The number of benzene rings is 1. The molecule has 0 atom stereocenters. The molecule has 16 heavy (non-hydrogen) atoms. The molecule has 1 rings (SSSR count). The van der Waals surface area contributed by atoms with Crippen LogP contribution in [0.5, 0.6) is 0 Å². The quantitative estimate of drug-likeness (QED) is 0.854. The number of rotatable bonds is 4. The Morgan fingerprint density at radius 3 is 2.31 bits per heavy atom. The Hall–Kier alpha value is -1.40. The molecular formula is C10H13NO4S. The van der Waals surface area contributed by atoms with Crippen molar-refractivity contribution in [3.8, 4) is 0 Å². The van der Waals surface area contributed by atoms with Crippen LogP contribution in [0.3, 0.4) is 0 Å². The maximum atomic E-state index is 11.2. The lowest BCUT2D eigenvalue weighted by molar-refractivity contribution is 0.0747. The molecule has 2 N–H and O–H groups in total. The van der Waals surface area contributed by atoms with Gasteiger partial charge in [0, 0.05) is 0 Å². The standard InChI is InChI=1S/C10H13NO4S/c1-2-3-8-4-6-9(7-5-8)10(12)15-16(11,13)14/h4-7H,2-3H2,1H3,(H2,11,13,14). The third-order valence-electron chi connectivity index (χ3n) is 1.92. The van der Waals surface area contributed by atoms with Crippen LogP contribution in [0, 0.1) is 0 Å². The summed E-state index contributed by atoms with van der Waals surface area (Å²) in [5.74, 6) is -0.967. The zero-order valence-electron chi connectivity index (χ0n) is 8.84. The third kappa shape index (κ3) is 4.00. The van der Waals surface area contributed by atoms with E-state index in [0.717, 1.165) is 18.4 Å². The first kappa shape index (κ1) is 12.7. The van der Waals surface area contributed by atoms with E-state index < -0.39 is 16.3 Å². The molecule has 1 aromatic rings. The molecule has 0 aliphatic heterocycles. The fraction of sp³-hybridized carbons (Fsp3) is 0.300. The Bertz CT molecular complexity index is 464. The highest BCUT2D eigenvalue weighted by Gasteiger charge is 2.13. The van der Waals surface area contributed by atoms with Crippen LogP contribution in [-0.2, 0) is 20.9 Å². The van der Waals surface area contributed by atoms with Gasteiger partial charge in [0.25, 0.3) is 0 Å². The van der Waals surface area contributed by atoms with Crippen LogP contribution < -0.4 is 5.14 Å². The Morgan fingerprint density at radius 2 is 1.88 bits per heavy atom. The second-order valence-electron chi connectivity index (χ2n) is 3.31. The molecule has 6 heteroatoms. The van der Waals surface area contributed by atoms with Gasteiger partial charge >= 0.3 is 16.3 Å². The lowest BCUT2D eigenvalue weighted by Crippen LogP contribution is -2.20. The molecule has 0 bridgehead atoms. The highest BCUT2D eigenvalue weighted by molar-refractivity contribution is 7.84.